The van der Waals surface area contributed by atoms with Crippen LogP contribution in [0.15, 0.2) is 54.6 Å². The van der Waals surface area contributed by atoms with Gasteiger partial charge < -0.3 is 10.1 Å². The number of carbonyl (C=O) groups excluding carboxylic acids is 3. The standard InChI is InChI=1S/C20H20ClNO4S/c1-27-12-11-17(22-19(24)15-9-5-6-10-16(15)21)20(25)26-13-18(23)14-7-3-2-4-8-14/h2-10,17H,11-13H2,1H3,(H,22,24). The van der Waals surface area contributed by atoms with Crippen LogP contribution in [0.5, 0.6) is 0 Å². The molecule has 2 rings (SSSR count). The summed E-state index contributed by atoms with van der Waals surface area (Å²) in [6.07, 6.45) is 2.28. The Kier molecular flexibility index (Phi) is 8.36. The normalized spacial score (nSPS) is 11.5. The molecule has 0 saturated heterocycles. The van der Waals surface area contributed by atoms with Crippen molar-refractivity contribution in [3.63, 3.8) is 0 Å². The molecule has 27 heavy (non-hydrogen) atoms. The lowest BCUT2D eigenvalue weighted by atomic mass is 10.1. The molecule has 0 heterocycles. The van der Waals surface area contributed by atoms with E-state index in [0.717, 1.165) is 0 Å². The van der Waals surface area contributed by atoms with Crippen LogP contribution in [0.1, 0.15) is 27.1 Å². The van der Waals surface area contributed by atoms with E-state index >= 15 is 0 Å². The van der Waals surface area contributed by atoms with Crippen LogP contribution in [0.3, 0.4) is 0 Å². The molecule has 1 N–H and O–H groups in total. The number of Topliss-reactive ketones (excluding diaryl/α,β-unsaturated/α-hetero) is 1. The van der Waals surface area contributed by atoms with Gasteiger partial charge in [-0.05, 0) is 30.6 Å². The van der Waals surface area contributed by atoms with Crippen molar-refractivity contribution >= 4 is 41.0 Å². The lowest BCUT2D eigenvalue weighted by Crippen LogP contribution is -2.42. The summed E-state index contributed by atoms with van der Waals surface area (Å²) in [5.41, 5.74) is 0.743. The number of carbonyl (C=O) groups is 3. The molecule has 0 spiro atoms. The van der Waals surface area contributed by atoms with Crippen LogP contribution in [-0.2, 0) is 9.53 Å². The van der Waals surface area contributed by atoms with Crippen LogP contribution in [0.25, 0.3) is 0 Å². The van der Waals surface area contributed by atoms with Crippen molar-refractivity contribution in [2.45, 2.75) is 12.5 Å². The number of halogens is 1. The molecule has 0 radical (unpaired) electrons. The fourth-order valence-corrected chi connectivity index (χ4v) is 3.00. The van der Waals surface area contributed by atoms with Gasteiger partial charge in [-0.15, -0.1) is 0 Å². The zero-order chi connectivity index (χ0) is 19.6. The maximum absolute atomic E-state index is 12.4. The Labute approximate surface area is 167 Å². The molecular weight excluding hydrogens is 386 g/mol. The molecule has 0 aliphatic heterocycles. The molecular formula is C20H20ClNO4S. The van der Waals surface area contributed by atoms with Crippen molar-refractivity contribution in [1.29, 1.82) is 0 Å². The van der Waals surface area contributed by atoms with Gasteiger partial charge in [-0.3, -0.25) is 9.59 Å². The Balaban J connectivity index is 1.99. The molecule has 1 atom stereocenters. The van der Waals surface area contributed by atoms with Crippen molar-refractivity contribution in [3.8, 4) is 0 Å². The highest BCUT2D eigenvalue weighted by molar-refractivity contribution is 7.98. The smallest absolute Gasteiger partial charge is 0.329 e. The fourth-order valence-electron chi connectivity index (χ4n) is 2.31. The number of amides is 1. The van der Waals surface area contributed by atoms with Crippen molar-refractivity contribution < 1.29 is 19.1 Å². The monoisotopic (exact) mass is 405 g/mol. The number of ketones is 1. The second-order valence-corrected chi connectivity index (χ2v) is 7.08. The van der Waals surface area contributed by atoms with E-state index in [9.17, 15) is 14.4 Å². The molecule has 5 nitrogen and oxygen atoms in total. The van der Waals surface area contributed by atoms with Gasteiger partial charge >= 0.3 is 5.97 Å². The summed E-state index contributed by atoms with van der Waals surface area (Å²) < 4.78 is 5.14. The van der Waals surface area contributed by atoms with Crippen LogP contribution >= 0.6 is 23.4 Å². The maximum Gasteiger partial charge on any atom is 0.329 e. The van der Waals surface area contributed by atoms with E-state index in [2.05, 4.69) is 5.32 Å². The molecule has 0 bridgehead atoms. The largest absolute Gasteiger partial charge is 0.456 e. The molecule has 142 valence electrons. The Bertz CT molecular complexity index is 798. The van der Waals surface area contributed by atoms with Gasteiger partial charge in [-0.25, -0.2) is 4.79 Å². The van der Waals surface area contributed by atoms with Crippen LogP contribution in [0.4, 0.5) is 0 Å². The Hall–Kier alpha value is -2.31. The number of thioether (sulfide) groups is 1. The summed E-state index contributed by atoms with van der Waals surface area (Å²) in [4.78, 5) is 36.9. The van der Waals surface area contributed by atoms with Crippen LogP contribution in [0.2, 0.25) is 5.02 Å². The Morgan fingerprint density at radius 3 is 2.41 bits per heavy atom. The number of ether oxygens (including phenoxy) is 1. The third-order valence-corrected chi connectivity index (χ3v) is 4.73. The van der Waals surface area contributed by atoms with Crippen molar-refractivity contribution in [1.82, 2.24) is 5.32 Å². The predicted molar refractivity (Wildman–Crippen MR) is 107 cm³/mol. The highest BCUT2D eigenvalue weighted by atomic mass is 35.5. The van der Waals surface area contributed by atoms with Gasteiger partial charge in [0, 0.05) is 5.56 Å². The van der Waals surface area contributed by atoms with Crippen LogP contribution in [0, 0.1) is 0 Å². The van der Waals surface area contributed by atoms with E-state index in [1.807, 2.05) is 6.26 Å². The van der Waals surface area contributed by atoms with Crippen molar-refractivity contribution in [3.05, 3.63) is 70.7 Å². The quantitative estimate of drug-likeness (QED) is 0.509. The fraction of sp³-hybridized carbons (Fsp3) is 0.250. The third-order valence-electron chi connectivity index (χ3n) is 3.76. The summed E-state index contributed by atoms with van der Waals surface area (Å²) in [6.45, 7) is -0.374. The van der Waals surface area contributed by atoms with Gasteiger partial charge in [0.15, 0.2) is 12.4 Å². The molecule has 0 fully saturated rings. The molecule has 2 aromatic carbocycles. The minimum absolute atomic E-state index is 0.279. The molecule has 0 aromatic heterocycles. The third kappa shape index (κ3) is 6.41. The number of rotatable bonds is 9. The van der Waals surface area contributed by atoms with E-state index in [4.69, 9.17) is 16.3 Å². The molecule has 0 aliphatic rings. The van der Waals surface area contributed by atoms with Crippen molar-refractivity contribution in [2.75, 3.05) is 18.6 Å². The summed E-state index contributed by atoms with van der Waals surface area (Å²) in [5.74, 6) is -0.758. The average molecular weight is 406 g/mol. The van der Waals surface area contributed by atoms with E-state index in [-0.39, 0.29) is 18.0 Å². The van der Waals surface area contributed by atoms with Gasteiger partial charge in [0.2, 0.25) is 0 Å². The lowest BCUT2D eigenvalue weighted by molar-refractivity contribution is -0.144. The van der Waals surface area contributed by atoms with Crippen molar-refractivity contribution in [2.24, 2.45) is 0 Å². The highest BCUT2D eigenvalue weighted by Gasteiger charge is 2.24. The van der Waals surface area contributed by atoms with Gasteiger partial charge in [0.05, 0.1) is 10.6 Å². The van der Waals surface area contributed by atoms with Gasteiger partial charge in [-0.2, -0.15) is 11.8 Å². The summed E-state index contributed by atoms with van der Waals surface area (Å²) in [7, 11) is 0. The Morgan fingerprint density at radius 2 is 1.74 bits per heavy atom. The SMILES string of the molecule is CSCCC(NC(=O)c1ccccc1Cl)C(=O)OCC(=O)c1ccccc1. The zero-order valence-electron chi connectivity index (χ0n) is 14.8. The van der Waals surface area contributed by atoms with Gasteiger partial charge in [0.1, 0.15) is 6.04 Å². The predicted octanol–water partition coefficient (Wildman–Crippen LogP) is 3.62. The molecule has 1 amide bonds. The molecule has 7 heteroatoms. The van der Waals surface area contributed by atoms with Gasteiger partial charge in [-0.1, -0.05) is 54.1 Å². The Morgan fingerprint density at radius 1 is 1.07 bits per heavy atom. The first-order chi connectivity index (χ1) is 13.0. The first-order valence-corrected chi connectivity index (χ1v) is 10.1. The number of hydrogen-bond acceptors (Lipinski definition) is 5. The van der Waals surface area contributed by atoms with Gasteiger partial charge in [0.25, 0.3) is 5.91 Å². The minimum atomic E-state index is -0.857. The minimum Gasteiger partial charge on any atom is -0.456 e. The first kappa shape index (κ1) is 21.0. The molecule has 1 unspecified atom stereocenters. The molecule has 2 aromatic rings. The second kappa shape index (κ2) is 10.7. The number of benzene rings is 2. The van der Waals surface area contributed by atoms with E-state index in [0.29, 0.717) is 22.8 Å². The van der Waals surface area contributed by atoms with E-state index in [1.54, 1.807) is 66.4 Å². The summed E-state index contributed by atoms with van der Waals surface area (Å²) >= 11 is 7.57. The number of hydrogen-bond donors (Lipinski definition) is 1. The summed E-state index contributed by atoms with van der Waals surface area (Å²) in [6, 6.07) is 14.3. The number of esters is 1. The van der Waals surface area contributed by atoms with E-state index in [1.165, 1.54) is 0 Å². The first-order valence-electron chi connectivity index (χ1n) is 8.32. The maximum atomic E-state index is 12.4. The number of nitrogens with one attached hydrogen (secondary N) is 1. The van der Waals surface area contributed by atoms with Crippen LogP contribution < -0.4 is 5.32 Å². The molecule has 0 aliphatic carbocycles. The second-order valence-electron chi connectivity index (χ2n) is 5.68. The highest BCUT2D eigenvalue weighted by Crippen LogP contribution is 2.15. The average Bonchev–Trinajstić information content (AvgIpc) is 2.69. The zero-order valence-corrected chi connectivity index (χ0v) is 16.4. The lowest BCUT2D eigenvalue weighted by Gasteiger charge is -2.17. The van der Waals surface area contributed by atoms with E-state index < -0.39 is 17.9 Å². The van der Waals surface area contributed by atoms with Crippen LogP contribution in [-0.4, -0.2) is 42.3 Å². The summed E-state index contributed by atoms with van der Waals surface area (Å²) in [5, 5.41) is 2.95. The molecule has 0 saturated carbocycles. The topological polar surface area (TPSA) is 72.5 Å².